The highest BCUT2D eigenvalue weighted by molar-refractivity contribution is 8.00. The number of carbonyl (C=O) groups excluding carboxylic acids is 2. The first-order valence-corrected chi connectivity index (χ1v) is 7.53. The van der Waals surface area contributed by atoms with Gasteiger partial charge in [0, 0.05) is 4.90 Å². The quantitative estimate of drug-likeness (QED) is 0.673. The lowest BCUT2D eigenvalue weighted by Gasteiger charge is -2.06. The molecule has 4 nitrogen and oxygen atoms in total. The van der Waals surface area contributed by atoms with E-state index < -0.39 is 5.91 Å². The van der Waals surface area contributed by atoms with Gasteiger partial charge in [-0.3, -0.25) is 20.4 Å². The zero-order chi connectivity index (χ0) is 14.4. The molecule has 0 saturated carbocycles. The number of thiophene rings is 1. The number of nitrogens with one attached hydrogen (secondary N) is 2. The van der Waals surface area contributed by atoms with Crippen LogP contribution in [0.1, 0.15) is 9.67 Å². The minimum atomic E-state index is -0.400. The molecular weight excluding hydrogens is 299 g/mol. The Labute approximate surface area is 123 Å². The Morgan fingerprint density at radius 3 is 2.65 bits per heavy atom. The smallest absolute Gasteiger partial charge is 0.272 e. The van der Waals surface area contributed by atoms with Gasteiger partial charge in [0.2, 0.25) is 5.91 Å². The number of hydrogen-bond donors (Lipinski definition) is 2. The van der Waals surface area contributed by atoms with Crippen molar-refractivity contribution < 1.29 is 14.0 Å². The third-order valence-corrected chi connectivity index (χ3v) is 4.17. The topological polar surface area (TPSA) is 58.2 Å². The fourth-order valence-corrected chi connectivity index (χ4v) is 2.70. The van der Waals surface area contributed by atoms with E-state index in [1.807, 2.05) is 0 Å². The zero-order valence-electron chi connectivity index (χ0n) is 10.3. The van der Waals surface area contributed by atoms with Gasteiger partial charge in [0.05, 0.1) is 10.6 Å². The average Bonchev–Trinajstić information content (AvgIpc) is 2.98. The van der Waals surface area contributed by atoms with Crippen LogP contribution in [0.25, 0.3) is 0 Å². The molecule has 0 aliphatic carbocycles. The number of thioether (sulfide) groups is 1. The summed E-state index contributed by atoms with van der Waals surface area (Å²) in [6.45, 7) is 0. The maximum atomic E-state index is 13.3. The lowest BCUT2D eigenvalue weighted by Crippen LogP contribution is -2.42. The summed E-state index contributed by atoms with van der Waals surface area (Å²) in [6.07, 6.45) is 0. The predicted octanol–water partition coefficient (Wildman–Crippen LogP) is 2.44. The third-order valence-electron chi connectivity index (χ3n) is 2.26. The summed E-state index contributed by atoms with van der Waals surface area (Å²) < 4.78 is 13.3. The van der Waals surface area contributed by atoms with E-state index in [-0.39, 0.29) is 17.5 Å². The highest BCUT2D eigenvalue weighted by Gasteiger charge is 2.09. The Bertz CT molecular complexity index is 602. The molecule has 2 rings (SSSR count). The number of hydrazine groups is 1. The number of halogens is 1. The molecule has 1 aromatic carbocycles. The summed E-state index contributed by atoms with van der Waals surface area (Å²) in [6, 6.07) is 9.61. The molecule has 0 radical (unpaired) electrons. The number of hydrogen-bond acceptors (Lipinski definition) is 4. The molecule has 2 aromatic rings. The van der Waals surface area contributed by atoms with Gasteiger partial charge < -0.3 is 0 Å². The van der Waals surface area contributed by atoms with Gasteiger partial charge in [-0.2, -0.15) is 0 Å². The average molecular weight is 310 g/mol. The van der Waals surface area contributed by atoms with Crippen LogP contribution in [0.3, 0.4) is 0 Å². The van der Waals surface area contributed by atoms with Crippen molar-refractivity contribution in [2.24, 2.45) is 0 Å². The molecule has 1 aromatic heterocycles. The van der Waals surface area contributed by atoms with Crippen LogP contribution in [-0.2, 0) is 4.79 Å². The van der Waals surface area contributed by atoms with E-state index in [1.165, 1.54) is 17.4 Å². The van der Waals surface area contributed by atoms with Gasteiger partial charge in [-0.25, -0.2) is 4.39 Å². The molecule has 104 valence electrons. The Hall–Kier alpha value is -1.86. The number of benzene rings is 1. The van der Waals surface area contributed by atoms with E-state index in [0.29, 0.717) is 9.77 Å². The van der Waals surface area contributed by atoms with Crippen LogP contribution >= 0.6 is 23.1 Å². The van der Waals surface area contributed by atoms with Crippen molar-refractivity contribution in [3.63, 3.8) is 0 Å². The van der Waals surface area contributed by atoms with Crippen molar-refractivity contribution in [3.05, 3.63) is 52.5 Å². The van der Waals surface area contributed by atoms with Crippen LogP contribution in [-0.4, -0.2) is 17.6 Å². The Kier molecular flexibility index (Phi) is 5.14. The highest BCUT2D eigenvalue weighted by Crippen LogP contribution is 2.20. The van der Waals surface area contributed by atoms with Crippen molar-refractivity contribution in [1.82, 2.24) is 10.9 Å². The standard InChI is InChI=1S/C13H11FN2O2S2/c14-9-4-1-2-5-10(9)20-8-12(17)15-16-13(18)11-6-3-7-19-11/h1-7H,8H2,(H,15,17)(H,16,18). The van der Waals surface area contributed by atoms with Crippen LogP contribution in [0.2, 0.25) is 0 Å². The molecule has 0 aliphatic rings. The SMILES string of the molecule is O=C(CSc1ccccc1F)NNC(=O)c1cccs1. The van der Waals surface area contributed by atoms with Crippen LogP contribution < -0.4 is 10.9 Å². The number of amides is 2. The second-order valence-electron chi connectivity index (χ2n) is 3.70. The van der Waals surface area contributed by atoms with Gasteiger partial charge in [-0.15, -0.1) is 23.1 Å². The summed E-state index contributed by atoms with van der Waals surface area (Å²) in [4.78, 5) is 24.0. The normalized spacial score (nSPS) is 10.1. The molecule has 2 amide bonds. The van der Waals surface area contributed by atoms with Crippen LogP contribution in [0, 0.1) is 5.82 Å². The molecule has 20 heavy (non-hydrogen) atoms. The molecule has 0 saturated heterocycles. The molecule has 0 spiro atoms. The minimum Gasteiger partial charge on any atom is -0.272 e. The first-order chi connectivity index (χ1) is 9.66. The van der Waals surface area contributed by atoms with E-state index in [9.17, 15) is 14.0 Å². The monoisotopic (exact) mass is 310 g/mol. The Balaban J connectivity index is 1.76. The maximum absolute atomic E-state index is 13.3. The second kappa shape index (κ2) is 7.06. The van der Waals surface area contributed by atoms with E-state index in [0.717, 1.165) is 11.8 Å². The molecule has 2 N–H and O–H groups in total. The van der Waals surface area contributed by atoms with Gasteiger partial charge in [0.1, 0.15) is 5.82 Å². The fourth-order valence-electron chi connectivity index (χ4n) is 1.34. The van der Waals surface area contributed by atoms with Crippen molar-refractivity contribution in [1.29, 1.82) is 0 Å². The maximum Gasteiger partial charge on any atom is 0.279 e. The first-order valence-electron chi connectivity index (χ1n) is 5.67. The van der Waals surface area contributed by atoms with Crippen LogP contribution in [0.5, 0.6) is 0 Å². The molecule has 0 fully saturated rings. The molecular formula is C13H11FN2O2S2. The molecule has 7 heteroatoms. The van der Waals surface area contributed by atoms with Crippen molar-refractivity contribution in [3.8, 4) is 0 Å². The van der Waals surface area contributed by atoms with Gasteiger partial charge in [-0.05, 0) is 23.6 Å². The third kappa shape index (κ3) is 4.07. The fraction of sp³-hybridized carbons (Fsp3) is 0.0769. The summed E-state index contributed by atoms with van der Waals surface area (Å²) in [5.41, 5.74) is 4.59. The first kappa shape index (κ1) is 14.5. The van der Waals surface area contributed by atoms with Gasteiger partial charge in [-0.1, -0.05) is 18.2 Å². The molecule has 0 aliphatic heterocycles. The zero-order valence-corrected chi connectivity index (χ0v) is 11.9. The lowest BCUT2D eigenvalue weighted by molar-refractivity contribution is -0.119. The molecule has 0 atom stereocenters. The summed E-state index contributed by atoms with van der Waals surface area (Å²) >= 11 is 2.35. The van der Waals surface area contributed by atoms with E-state index >= 15 is 0 Å². The largest absolute Gasteiger partial charge is 0.279 e. The van der Waals surface area contributed by atoms with Crippen LogP contribution in [0.15, 0.2) is 46.7 Å². The second-order valence-corrected chi connectivity index (χ2v) is 5.66. The van der Waals surface area contributed by atoms with Gasteiger partial charge in [0.25, 0.3) is 5.91 Å². The highest BCUT2D eigenvalue weighted by atomic mass is 32.2. The van der Waals surface area contributed by atoms with Crippen LogP contribution in [0.4, 0.5) is 4.39 Å². The Morgan fingerprint density at radius 1 is 1.15 bits per heavy atom. The van der Waals surface area contributed by atoms with Gasteiger partial charge in [0.15, 0.2) is 0 Å². The molecule has 0 unspecified atom stereocenters. The van der Waals surface area contributed by atoms with E-state index in [4.69, 9.17) is 0 Å². The summed E-state index contributed by atoms with van der Waals surface area (Å²) in [7, 11) is 0. The lowest BCUT2D eigenvalue weighted by atomic mass is 10.3. The molecule has 0 bridgehead atoms. The Morgan fingerprint density at radius 2 is 1.95 bits per heavy atom. The minimum absolute atomic E-state index is 0.0195. The molecule has 1 heterocycles. The van der Waals surface area contributed by atoms with Crippen molar-refractivity contribution in [2.45, 2.75) is 4.90 Å². The van der Waals surface area contributed by atoms with E-state index in [1.54, 1.807) is 35.7 Å². The number of carbonyl (C=O) groups is 2. The predicted molar refractivity (Wildman–Crippen MR) is 77.1 cm³/mol. The van der Waals surface area contributed by atoms with Crippen molar-refractivity contribution in [2.75, 3.05) is 5.75 Å². The summed E-state index contributed by atoms with van der Waals surface area (Å²) in [5.74, 6) is -1.12. The van der Waals surface area contributed by atoms with Crippen molar-refractivity contribution >= 4 is 34.9 Å². The number of rotatable bonds is 4. The summed E-state index contributed by atoms with van der Waals surface area (Å²) in [5, 5.41) is 1.77. The van der Waals surface area contributed by atoms with E-state index in [2.05, 4.69) is 10.9 Å². The van der Waals surface area contributed by atoms with Gasteiger partial charge >= 0.3 is 0 Å².